The van der Waals surface area contributed by atoms with Crippen LogP contribution in [0, 0.1) is 0 Å². The van der Waals surface area contributed by atoms with E-state index in [1.165, 1.54) is 21.7 Å². The van der Waals surface area contributed by atoms with E-state index < -0.39 is 0 Å². The number of likely N-dealkylation sites (N-methyl/N-ethyl adjacent to an activating group) is 1. The molecule has 1 N–H and O–H groups in total. The minimum absolute atomic E-state index is 0.233. The average Bonchev–Trinajstić information content (AvgIpc) is 2.88. The summed E-state index contributed by atoms with van der Waals surface area (Å²) in [7, 11) is 0. The van der Waals surface area contributed by atoms with E-state index >= 15 is 0 Å². The van der Waals surface area contributed by atoms with E-state index in [1.807, 2.05) is 0 Å². The molecule has 0 aliphatic carbocycles. The Morgan fingerprint density at radius 1 is 0.750 bits per heavy atom. The third kappa shape index (κ3) is 5.22. The fourth-order valence-corrected chi connectivity index (χ4v) is 5.25. The summed E-state index contributed by atoms with van der Waals surface area (Å²) in [5.74, 6) is 1.95. The first kappa shape index (κ1) is 26.0. The Balaban J connectivity index is 1.92. The maximum atomic E-state index is 11.5. The number of hydrogen-bond acceptors (Lipinski definition) is 3. The Bertz CT molecular complexity index is 1330. The highest BCUT2D eigenvalue weighted by Gasteiger charge is 2.22. The van der Waals surface area contributed by atoms with Crippen LogP contribution in [0.4, 0.5) is 0 Å². The van der Waals surface area contributed by atoms with Gasteiger partial charge >= 0.3 is 0 Å². The van der Waals surface area contributed by atoms with Gasteiger partial charge in [0.15, 0.2) is 0 Å². The number of benzene rings is 4. The van der Waals surface area contributed by atoms with Gasteiger partial charge in [0.1, 0.15) is 18.1 Å². The molecule has 36 heavy (non-hydrogen) atoms. The second kappa shape index (κ2) is 11.3. The van der Waals surface area contributed by atoms with Crippen molar-refractivity contribution in [2.75, 3.05) is 26.2 Å². The van der Waals surface area contributed by atoms with Gasteiger partial charge in [0.2, 0.25) is 0 Å². The minimum Gasteiger partial charge on any atom is -0.507 e. The van der Waals surface area contributed by atoms with Crippen molar-refractivity contribution in [1.82, 2.24) is 4.90 Å². The third-order valence-electron chi connectivity index (χ3n) is 7.44. The molecule has 3 nitrogen and oxygen atoms in total. The Kier molecular flexibility index (Phi) is 8.21. The van der Waals surface area contributed by atoms with Gasteiger partial charge < -0.3 is 14.7 Å². The average molecular weight is 484 g/mol. The SMILES string of the molecule is CCN(CC)CCOc1c(C(C)C)cc2ccccc2c1Cc1c(O)c(C(C)C)cc2ccccc12. The van der Waals surface area contributed by atoms with Crippen molar-refractivity contribution in [2.24, 2.45) is 0 Å². The molecule has 0 heterocycles. The Morgan fingerprint density at radius 3 is 1.83 bits per heavy atom. The summed E-state index contributed by atoms with van der Waals surface area (Å²) in [5.41, 5.74) is 4.37. The summed E-state index contributed by atoms with van der Waals surface area (Å²) in [6, 6.07) is 21.4. The zero-order valence-corrected chi connectivity index (χ0v) is 22.8. The van der Waals surface area contributed by atoms with Crippen molar-refractivity contribution >= 4 is 21.5 Å². The van der Waals surface area contributed by atoms with E-state index in [2.05, 4.69) is 107 Å². The number of nitrogens with zero attached hydrogens (tertiary/aromatic N) is 1. The summed E-state index contributed by atoms with van der Waals surface area (Å²) in [5, 5.41) is 16.2. The normalized spacial score (nSPS) is 11.9. The van der Waals surface area contributed by atoms with Crippen molar-refractivity contribution < 1.29 is 9.84 Å². The van der Waals surface area contributed by atoms with Crippen LogP contribution in [-0.4, -0.2) is 36.2 Å². The van der Waals surface area contributed by atoms with Gasteiger partial charge in [-0.15, -0.1) is 0 Å². The van der Waals surface area contributed by atoms with Crippen molar-refractivity contribution in [3.05, 3.63) is 82.9 Å². The van der Waals surface area contributed by atoms with Crippen LogP contribution in [-0.2, 0) is 6.42 Å². The van der Waals surface area contributed by atoms with Crippen LogP contribution in [0.1, 0.15) is 75.6 Å². The highest BCUT2D eigenvalue weighted by Crippen LogP contribution is 2.42. The quantitative estimate of drug-likeness (QED) is 0.246. The summed E-state index contributed by atoms with van der Waals surface area (Å²) in [6.45, 7) is 16.7. The number of ether oxygens (including phenoxy) is 1. The molecule has 0 bridgehead atoms. The van der Waals surface area contributed by atoms with Gasteiger partial charge in [0.05, 0.1) is 0 Å². The number of phenolic OH excluding ortho intramolecular Hbond substituents is 1. The van der Waals surface area contributed by atoms with Crippen LogP contribution in [0.5, 0.6) is 11.5 Å². The topological polar surface area (TPSA) is 32.7 Å². The fourth-order valence-electron chi connectivity index (χ4n) is 5.25. The molecule has 0 saturated carbocycles. The minimum atomic E-state index is 0.233. The predicted octanol–water partition coefficient (Wildman–Crippen LogP) is 8.26. The van der Waals surface area contributed by atoms with E-state index in [1.54, 1.807) is 0 Å². The van der Waals surface area contributed by atoms with Crippen LogP contribution in [0.3, 0.4) is 0 Å². The second-order valence-electron chi connectivity index (χ2n) is 10.4. The zero-order valence-electron chi connectivity index (χ0n) is 22.8. The van der Waals surface area contributed by atoms with Crippen LogP contribution < -0.4 is 4.74 Å². The summed E-state index contributed by atoms with van der Waals surface area (Å²) in [6.07, 6.45) is 0.620. The lowest BCUT2D eigenvalue weighted by molar-refractivity contribution is 0.220. The molecular formula is C33H41NO2. The summed E-state index contributed by atoms with van der Waals surface area (Å²) < 4.78 is 6.65. The standard InChI is InChI=1S/C33H41NO2/c1-7-34(8-2)17-18-36-33-29(23(5)6)20-25-14-10-12-16-27(25)31(33)21-30-26-15-11-9-13-24(26)19-28(22(3)4)32(30)35/h9-16,19-20,22-23,35H,7-8,17-18,21H2,1-6H3. The van der Waals surface area contributed by atoms with Gasteiger partial charge in [-0.3, -0.25) is 0 Å². The molecule has 0 aromatic heterocycles. The molecule has 3 heteroatoms. The maximum Gasteiger partial charge on any atom is 0.126 e. The molecule has 0 unspecified atom stereocenters. The summed E-state index contributed by atoms with van der Waals surface area (Å²) >= 11 is 0. The molecule has 0 saturated heterocycles. The summed E-state index contributed by atoms with van der Waals surface area (Å²) in [4.78, 5) is 2.39. The predicted molar refractivity (Wildman–Crippen MR) is 154 cm³/mol. The molecule has 0 radical (unpaired) electrons. The van der Waals surface area contributed by atoms with Gasteiger partial charge in [0, 0.05) is 24.1 Å². The molecular weight excluding hydrogens is 442 g/mol. The molecule has 190 valence electrons. The molecule has 4 aromatic rings. The number of rotatable bonds is 10. The molecule has 0 spiro atoms. The van der Waals surface area contributed by atoms with Crippen molar-refractivity contribution in [2.45, 2.75) is 59.8 Å². The molecule has 0 atom stereocenters. The molecule has 0 aliphatic heterocycles. The van der Waals surface area contributed by atoms with Gasteiger partial charge in [-0.25, -0.2) is 0 Å². The lowest BCUT2D eigenvalue weighted by atomic mass is 9.87. The monoisotopic (exact) mass is 483 g/mol. The number of phenols is 1. The maximum absolute atomic E-state index is 11.5. The van der Waals surface area contributed by atoms with Crippen LogP contribution in [0.15, 0.2) is 60.7 Å². The second-order valence-corrected chi connectivity index (χ2v) is 10.4. The smallest absolute Gasteiger partial charge is 0.126 e. The van der Waals surface area contributed by atoms with Crippen LogP contribution in [0.2, 0.25) is 0 Å². The molecule has 4 rings (SSSR count). The van der Waals surface area contributed by atoms with Gasteiger partial charge in [-0.1, -0.05) is 90.1 Å². The lowest BCUT2D eigenvalue weighted by Gasteiger charge is -2.24. The van der Waals surface area contributed by atoms with Crippen LogP contribution >= 0.6 is 0 Å². The molecule has 0 fully saturated rings. The Labute approximate surface area is 216 Å². The fraction of sp³-hybridized carbons (Fsp3) is 0.394. The van der Waals surface area contributed by atoms with Crippen molar-refractivity contribution in [1.29, 1.82) is 0 Å². The van der Waals surface area contributed by atoms with E-state index in [0.717, 1.165) is 47.5 Å². The lowest BCUT2D eigenvalue weighted by Crippen LogP contribution is -2.28. The highest BCUT2D eigenvalue weighted by atomic mass is 16.5. The number of fused-ring (bicyclic) bond motifs is 2. The molecule has 0 amide bonds. The van der Waals surface area contributed by atoms with E-state index in [0.29, 0.717) is 24.7 Å². The van der Waals surface area contributed by atoms with Crippen LogP contribution in [0.25, 0.3) is 21.5 Å². The van der Waals surface area contributed by atoms with Gasteiger partial charge in [-0.2, -0.15) is 0 Å². The van der Waals surface area contributed by atoms with E-state index in [9.17, 15) is 5.11 Å². The first-order valence-electron chi connectivity index (χ1n) is 13.5. The number of hydrogen-bond donors (Lipinski definition) is 1. The van der Waals surface area contributed by atoms with Gasteiger partial charge in [-0.05, 0) is 69.7 Å². The first-order valence-corrected chi connectivity index (χ1v) is 13.5. The zero-order chi connectivity index (χ0) is 25.8. The highest BCUT2D eigenvalue weighted by molar-refractivity contribution is 5.93. The Morgan fingerprint density at radius 2 is 1.28 bits per heavy atom. The third-order valence-corrected chi connectivity index (χ3v) is 7.44. The van der Waals surface area contributed by atoms with Gasteiger partial charge in [0.25, 0.3) is 0 Å². The van der Waals surface area contributed by atoms with E-state index in [-0.39, 0.29) is 5.92 Å². The van der Waals surface area contributed by atoms with Crippen molar-refractivity contribution in [3.63, 3.8) is 0 Å². The van der Waals surface area contributed by atoms with Crippen molar-refractivity contribution in [3.8, 4) is 11.5 Å². The van der Waals surface area contributed by atoms with E-state index in [4.69, 9.17) is 4.74 Å². The number of aromatic hydroxyl groups is 1. The molecule has 4 aromatic carbocycles. The first-order chi connectivity index (χ1) is 17.3. The Hall–Kier alpha value is -3.04. The largest absolute Gasteiger partial charge is 0.507 e. The molecule has 0 aliphatic rings.